The largest absolute Gasteiger partial charge is 0.463 e. The number of hydrogen-bond acceptors (Lipinski definition) is 6. The Labute approximate surface area is 120 Å². The van der Waals surface area contributed by atoms with Crippen molar-refractivity contribution in [2.45, 2.75) is 6.92 Å². The Morgan fingerprint density at radius 3 is 2.57 bits per heavy atom. The average molecular weight is 284 g/mol. The molecule has 2 aromatic heterocycles. The summed E-state index contributed by atoms with van der Waals surface area (Å²) in [7, 11) is 1.30. The van der Waals surface area contributed by atoms with Crippen LogP contribution >= 0.6 is 0 Å². The number of aryl methyl sites for hydroxylation is 1. The fraction of sp³-hybridized carbons (Fsp3) is 0.143. The quantitative estimate of drug-likeness (QED) is 0.741. The topological polar surface area (TPSA) is 93.9 Å². The first-order chi connectivity index (χ1) is 10.2. The summed E-state index contributed by atoms with van der Waals surface area (Å²) in [5.74, 6) is 0.628. The highest BCUT2D eigenvalue weighted by atomic mass is 16.5. The summed E-state index contributed by atoms with van der Waals surface area (Å²) in [5, 5.41) is 6.59. The van der Waals surface area contributed by atoms with Crippen LogP contribution in [0.2, 0.25) is 0 Å². The lowest BCUT2D eigenvalue weighted by Gasteiger charge is -2.01. The number of benzene rings is 1. The summed E-state index contributed by atoms with van der Waals surface area (Å²) in [6, 6.07) is 7.39. The summed E-state index contributed by atoms with van der Waals surface area (Å²) in [4.78, 5) is 20.0. The predicted molar refractivity (Wildman–Crippen MR) is 73.4 cm³/mol. The lowest BCUT2D eigenvalue weighted by atomic mass is 10.1. The lowest BCUT2D eigenvalue weighted by Crippen LogP contribution is -2.01. The highest BCUT2D eigenvalue weighted by molar-refractivity contribution is 5.93. The van der Waals surface area contributed by atoms with Crippen LogP contribution in [-0.4, -0.2) is 33.2 Å². The van der Waals surface area contributed by atoms with Crippen molar-refractivity contribution in [2.24, 2.45) is 0 Å². The maximum Gasteiger partial charge on any atom is 0.376 e. The SMILES string of the molecule is COC(=O)c1oc(C)nc1-c1ccc(-c2ncn[nH]2)cc1. The summed E-state index contributed by atoms with van der Waals surface area (Å²) in [6.45, 7) is 1.68. The van der Waals surface area contributed by atoms with Crippen LogP contribution in [0.1, 0.15) is 16.4 Å². The Bertz CT molecular complexity index is 760. The second-order valence-electron chi connectivity index (χ2n) is 4.31. The molecule has 0 atom stereocenters. The van der Waals surface area contributed by atoms with E-state index >= 15 is 0 Å². The van der Waals surface area contributed by atoms with Crippen molar-refractivity contribution in [1.29, 1.82) is 0 Å². The number of oxazole rings is 1. The molecule has 0 fully saturated rings. The molecule has 1 aromatic carbocycles. The van der Waals surface area contributed by atoms with Gasteiger partial charge in [-0.3, -0.25) is 5.10 Å². The molecule has 0 aliphatic rings. The predicted octanol–water partition coefficient (Wildman–Crippen LogP) is 2.22. The first kappa shape index (κ1) is 13.0. The van der Waals surface area contributed by atoms with E-state index < -0.39 is 5.97 Å². The normalized spacial score (nSPS) is 10.6. The van der Waals surface area contributed by atoms with Crippen LogP contribution in [0.4, 0.5) is 0 Å². The average Bonchev–Trinajstić information content (AvgIpc) is 3.16. The van der Waals surface area contributed by atoms with Gasteiger partial charge in [0, 0.05) is 18.1 Å². The molecule has 0 amide bonds. The number of carbonyl (C=O) groups excluding carboxylic acids is 1. The van der Waals surface area contributed by atoms with Crippen molar-refractivity contribution >= 4 is 5.97 Å². The molecule has 7 nitrogen and oxygen atoms in total. The van der Waals surface area contributed by atoms with Crippen molar-refractivity contribution in [1.82, 2.24) is 20.2 Å². The minimum Gasteiger partial charge on any atom is -0.463 e. The molecule has 2 heterocycles. The summed E-state index contributed by atoms with van der Waals surface area (Å²) in [6.07, 6.45) is 1.44. The Morgan fingerprint density at radius 1 is 1.24 bits per heavy atom. The van der Waals surface area contributed by atoms with Crippen LogP contribution in [-0.2, 0) is 4.74 Å². The number of aromatic nitrogens is 4. The molecular formula is C14H12N4O3. The highest BCUT2D eigenvalue weighted by Gasteiger charge is 2.20. The second-order valence-corrected chi connectivity index (χ2v) is 4.31. The molecular weight excluding hydrogens is 272 g/mol. The van der Waals surface area contributed by atoms with Crippen LogP contribution in [0.5, 0.6) is 0 Å². The van der Waals surface area contributed by atoms with Gasteiger partial charge in [-0.15, -0.1) is 0 Å². The van der Waals surface area contributed by atoms with Gasteiger partial charge in [-0.05, 0) is 0 Å². The standard InChI is InChI=1S/C14H12N4O3/c1-8-17-11(12(21-8)14(19)20-2)9-3-5-10(6-4-9)13-15-7-16-18-13/h3-7H,1-2H3,(H,15,16,18). The number of rotatable bonds is 3. The van der Waals surface area contributed by atoms with E-state index in [1.807, 2.05) is 24.3 Å². The van der Waals surface area contributed by atoms with Crippen LogP contribution < -0.4 is 0 Å². The molecule has 0 unspecified atom stereocenters. The Kier molecular flexibility index (Phi) is 3.23. The van der Waals surface area contributed by atoms with E-state index in [0.29, 0.717) is 17.4 Å². The number of H-pyrrole nitrogens is 1. The van der Waals surface area contributed by atoms with Gasteiger partial charge in [-0.25, -0.2) is 14.8 Å². The first-order valence-electron chi connectivity index (χ1n) is 6.21. The van der Waals surface area contributed by atoms with Gasteiger partial charge < -0.3 is 9.15 Å². The van der Waals surface area contributed by atoms with E-state index in [1.165, 1.54) is 13.4 Å². The van der Waals surface area contributed by atoms with Crippen molar-refractivity contribution in [3.8, 4) is 22.6 Å². The molecule has 0 spiro atoms. The summed E-state index contributed by atoms with van der Waals surface area (Å²) in [5.41, 5.74) is 2.11. The number of ether oxygens (including phenoxy) is 1. The number of carbonyl (C=O) groups is 1. The Morgan fingerprint density at radius 2 is 1.95 bits per heavy atom. The summed E-state index contributed by atoms with van der Waals surface area (Å²) >= 11 is 0. The van der Waals surface area contributed by atoms with Gasteiger partial charge in [0.2, 0.25) is 5.76 Å². The fourth-order valence-corrected chi connectivity index (χ4v) is 1.98. The second kappa shape index (κ2) is 5.20. The third-order valence-corrected chi connectivity index (χ3v) is 2.95. The van der Waals surface area contributed by atoms with Crippen molar-refractivity contribution < 1.29 is 13.9 Å². The van der Waals surface area contributed by atoms with Crippen LogP contribution in [0.3, 0.4) is 0 Å². The zero-order valence-electron chi connectivity index (χ0n) is 11.5. The molecule has 0 radical (unpaired) electrons. The third kappa shape index (κ3) is 2.40. The van der Waals surface area contributed by atoms with E-state index in [-0.39, 0.29) is 5.76 Å². The molecule has 7 heteroatoms. The number of aromatic amines is 1. The molecule has 106 valence electrons. The van der Waals surface area contributed by atoms with E-state index in [0.717, 1.165) is 11.1 Å². The Hall–Kier alpha value is -2.96. The number of esters is 1. The van der Waals surface area contributed by atoms with Crippen LogP contribution in [0.25, 0.3) is 22.6 Å². The number of hydrogen-bond donors (Lipinski definition) is 1. The first-order valence-corrected chi connectivity index (χ1v) is 6.21. The molecule has 0 aliphatic carbocycles. The smallest absolute Gasteiger partial charge is 0.376 e. The zero-order chi connectivity index (χ0) is 14.8. The van der Waals surface area contributed by atoms with Gasteiger partial charge in [-0.1, -0.05) is 24.3 Å². The van der Waals surface area contributed by atoms with Gasteiger partial charge in [0.1, 0.15) is 12.0 Å². The van der Waals surface area contributed by atoms with E-state index in [4.69, 9.17) is 9.15 Å². The van der Waals surface area contributed by atoms with Crippen LogP contribution in [0, 0.1) is 6.92 Å². The zero-order valence-corrected chi connectivity index (χ0v) is 11.5. The molecule has 0 saturated heterocycles. The number of nitrogens with zero attached hydrogens (tertiary/aromatic N) is 3. The minimum atomic E-state index is -0.551. The molecule has 0 saturated carbocycles. The van der Waals surface area contributed by atoms with Crippen LogP contribution in [0.15, 0.2) is 35.0 Å². The number of nitrogens with one attached hydrogen (secondary N) is 1. The van der Waals surface area contributed by atoms with E-state index in [2.05, 4.69) is 20.2 Å². The maximum atomic E-state index is 11.7. The van der Waals surface area contributed by atoms with Crippen molar-refractivity contribution in [2.75, 3.05) is 7.11 Å². The molecule has 1 N–H and O–H groups in total. The molecule has 0 aliphatic heterocycles. The molecule has 0 bridgehead atoms. The maximum absolute atomic E-state index is 11.7. The van der Waals surface area contributed by atoms with Gasteiger partial charge >= 0.3 is 5.97 Å². The third-order valence-electron chi connectivity index (χ3n) is 2.95. The van der Waals surface area contributed by atoms with E-state index in [9.17, 15) is 4.79 Å². The minimum absolute atomic E-state index is 0.0995. The monoisotopic (exact) mass is 284 g/mol. The van der Waals surface area contributed by atoms with Crippen molar-refractivity contribution in [3.63, 3.8) is 0 Å². The lowest BCUT2D eigenvalue weighted by molar-refractivity contribution is 0.0565. The Balaban J connectivity index is 2.00. The van der Waals surface area contributed by atoms with E-state index in [1.54, 1.807) is 6.92 Å². The van der Waals surface area contributed by atoms with Crippen molar-refractivity contribution in [3.05, 3.63) is 42.2 Å². The van der Waals surface area contributed by atoms with Gasteiger partial charge in [0.25, 0.3) is 0 Å². The fourth-order valence-electron chi connectivity index (χ4n) is 1.98. The van der Waals surface area contributed by atoms with Gasteiger partial charge in [0.15, 0.2) is 11.7 Å². The van der Waals surface area contributed by atoms with Gasteiger partial charge in [0.05, 0.1) is 7.11 Å². The highest BCUT2D eigenvalue weighted by Crippen LogP contribution is 2.26. The molecule has 3 aromatic rings. The number of methoxy groups -OCH3 is 1. The molecule has 21 heavy (non-hydrogen) atoms. The molecule has 3 rings (SSSR count). The summed E-state index contributed by atoms with van der Waals surface area (Å²) < 4.78 is 10.0. The van der Waals surface area contributed by atoms with Gasteiger partial charge in [-0.2, -0.15) is 5.10 Å².